The van der Waals surface area contributed by atoms with E-state index < -0.39 is 18.2 Å². The van der Waals surface area contributed by atoms with Crippen LogP contribution in [0.25, 0.3) is 0 Å². The fourth-order valence-corrected chi connectivity index (χ4v) is 1.46. The van der Waals surface area contributed by atoms with Crippen LogP contribution in [0.2, 0.25) is 0 Å². The average Bonchev–Trinajstić information content (AvgIpc) is 2.27. The van der Waals surface area contributed by atoms with Gasteiger partial charge in [0.15, 0.2) is 0 Å². The summed E-state index contributed by atoms with van der Waals surface area (Å²) < 4.78 is 0. The molecule has 0 aromatic heterocycles. The molecule has 0 heterocycles. The van der Waals surface area contributed by atoms with Gasteiger partial charge in [-0.2, -0.15) is 0 Å². The molecule has 0 spiro atoms. The number of aliphatic hydroxyl groups excluding tert-OH is 2. The third kappa shape index (κ3) is 4.42. The van der Waals surface area contributed by atoms with E-state index in [0.29, 0.717) is 6.42 Å². The second kappa shape index (κ2) is 6.25. The van der Waals surface area contributed by atoms with Gasteiger partial charge < -0.3 is 15.3 Å². The lowest BCUT2D eigenvalue weighted by Gasteiger charge is -2.16. The molecule has 4 nitrogen and oxygen atoms in total. The minimum absolute atomic E-state index is 0.0728. The SMILES string of the molecule is O=C(O)CCC(O)C(O)Cc1ccccc1. The summed E-state index contributed by atoms with van der Waals surface area (Å²) in [6.45, 7) is 0. The largest absolute Gasteiger partial charge is 0.481 e. The minimum Gasteiger partial charge on any atom is -0.481 e. The van der Waals surface area contributed by atoms with Gasteiger partial charge in [0, 0.05) is 12.8 Å². The summed E-state index contributed by atoms with van der Waals surface area (Å²) >= 11 is 0. The molecule has 0 saturated carbocycles. The molecular weight excluding hydrogens is 208 g/mol. The number of hydrogen-bond acceptors (Lipinski definition) is 3. The van der Waals surface area contributed by atoms with Crippen LogP contribution < -0.4 is 0 Å². The fraction of sp³-hybridized carbons (Fsp3) is 0.417. The molecule has 1 aromatic carbocycles. The molecule has 0 radical (unpaired) electrons. The molecule has 4 heteroatoms. The number of aliphatic carboxylic acids is 1. The first-order valence-corrected chi connectivity index (χ1v) is 5.21. The van der Waals surface area contributed by atoms with Gasteiger partial charge in [0.25, 0.3) is 0 Å². The molecule has 0 aliphatic carbocycles. The van der Waals surface area contributed by atoms with Gasteiger partial charge in [-0.05, 0) is 12.0 Å². The lowest BCUT2D eigenvalue weighted by molar-refractivity contribution is -0.138. The molecule has 1 aromatic rings. The Bertz CT molecular complexity index is 323. The third-order valence-corrected chi connectivity index (χ3v) is 2.39. The first kappa shape index (κ1) is 12.7. The third-order valence-electron chi connectivity index (χ3n) is 2.39. The highest BCUT2D eigenvalue weighted by molar-refractivity contribution is 5.66. The molecule has 2 atom stereocenters. The van der Waals surface area contributed by atoms with Gasteiger partial charge in [-0.25, -0.2) is 0 Å². The standard InChI is InChI=1S/C12H16O4/c13-10(6-7-12(15)16)11(14)8-9-4-2-1-3-5-9/h1-5,10-11,13-14H,6-8H2,(H,15,16). The van der Waals surface area contributed by atoms with Crippen molar-refractivity contribution in [3.63, 3.8) is 0 Å². The predicted octanol–water partition coefficient (Wildman–Crippen LogP) is 0.816. The van der Waals surface area contributed by atoms with Crippen molar-refractivity contribution in [2.75, 3.05) is 0 Å². The van der Waals surface area contributed by atoms with Crippen molar-refractivity contribution >= 4 is 5.97 Å². The van der Waals surface area contributed by atoms with Crippen LogP contribution in [0, 0.1) is 0 Å². The summed E-state index contributed by atoms with van der Waals surface area (Å²) in [7, 11) is 0. The normalized spacial score (nSPS) is 14.4. The van der Waals surface area contributed by atoms with Crippen LogP contribution in [0.1, 0.15) is 18.4 Å². The summed E-state index contributed by atoms with van der Waals surface area (Å²) in [6.07, 6.45) is -1.63. The van der Waals surface area contributed by atoms with Crippen molar-refractivity contribution in [2.24, 2.45) is 0 Å². The molecular formula is C12H16O4. The molecule has 1 rings (SSSR count). The van der Waals surface area contributed by atoms with Crippen molar-refractivity contribution in [3.8, 4) is 0 Å². The lowest BCUT2D eigenvalue weighted by atomic mass is 10.0. The average molecular weight is 224 g/mol. The molecule has 0 aliphatic rings. The number of carboxylic acids is 1. The number of rotatable bonds is 6. The van der Waals surface area contributed by atoms with Crippen LogP contribution in [0.5, 0.6) is 0 Å². The maximum Gasteiger partial charge on any atom is 0.303 e. The van der Waals surface area contributed by atoms with Crippen LogP contribution in [0.15, 0.2) is 30.3 Å². The zero-order valence-corrected chi connectivity index (χ0v) is 8.91. The molecule has 0 amide bonds. The maximum absolute atomic E-state index is 10.3. The Balaban J connectivity index is 2.39. The Kier molecular flexibility index (Phi) is 4.95. The van der Waals surface area contributed by atoms with E-state index in [2.05, 4.69) is 0 Å². The highest BCUT2D eigenvalue weighted by Crippen LogP contribution is 2.09. The molecule has 88 valence electrons. The maximum atomic E-state index is 10.3. The second-order valence-electron chi connectivity index (χ2n) is 3.76. The zero-order chi connectivity index (χ0) is 12.0. The Morgan fingerprint density at radius 3 is 2.31 bits per heavy atom. The molecule has 0 fully saturated rings. The van der Waals surface area contributed by atoms with Gasteiger partial charge in [0.1, 0.15) is 0 Å². The summed E-state index contributed by atoms with van der Waals surface area (Å²) in [5.41, 5.74) is 0.921. The van der Waals surface area contributed by atoms with Crippen LogP contribution in [-0.2, 0) is 11.2 Å². The first-order valence-electron chi connectivity index (χ1n) is 5.21. The highest BCUT2D eigenvalue weighted by atomic mass is 16.4. The number of hydrogen-bond donors (Lipinski definition) is 3. The van der Waals surface area contributed by atoms with Crippen molar-refractivity contribution in [1.29, 1.82) is 0 Å². The van der Waals surface area contributed by atoms with Crippen LogP contribution in [0.3, 0.4) is 0 Å². The molecule has 3 N–H and O–H groups in total. The topological polar surface area (TPSA) is 77.8 Å². The van der Waals surface area contributed by atoms with Gasteiger partial charge in [-0.1, -0.05) is 30.3 Å². The van der Waals surface area contributed by atoms with E-state index in [-0.39, 0.29) is 12.8 Å². The Morgan fingerprint density at radius 2 is 1.75 bits per heavy atom. The summed E-state index contributed by atoms with van der Waals surface area (Å²) in [5.74, 6) is -0.967. The summed E-state index contributed by atoms with van der Waals surface area (Å²) in [4.78, 5) is 10.3. The quantitative estimate of drug-likeness (QED) is 0.668. The Morgan fingerprint density at radius 1 is 1.12 bits per heavy atom. The van der Waals surface area contributed by atoms with E-state index in [1.807, 2.05) is 30.3 Å². The van der Waals surface area contributed by atoms with Crippen LogP contribution in [-0.4, -0.2) is 33.5 Å². The van der Waals surface area contributed by atoms with Gasteiger partial charge in [0.2, 0.25) is 0 Å². The molecule has 16 heavy (non-hydrogen) atoms. The van der Waals surface area contributed by atoms with Crippen molar-refractivity contribution in [2.45, 2.75) is 31.5 Å². The number of carbonyl (C=O) groups is 1. The van der Waals surface area contributed by atoms with Gasteiger partial charge >= 0.3 is 5.97 Å². The van der Waals surface area contributed by atoms with Gasteiger partial charge in [-0.15, -0.1) is 0 Å². The minimum atomic E-state index is -0.990. The Labute approximate surface area is 94.2 Å². The monoisotopic (exact) mass is 224 g/mol. The Hall–Kier alpha value is -1.39. The van der Waals surface area contributed by atoms with Crippen molar-refractivity contribution < 1.29 is 20.1 Å². The van der Waals surface area contributed by atoms with E-state index in [1.165, 1.54) is 0 Å². The van der Waals surface area contributed by atoms with E-state index in [0.717, 1.165) is 5.56 Å². The first-order chi connectivity index (χ1) is 7.59. The number of benzene rings is 1. The smallest absolute Gasteiger partial charge is 0.303 e. The number of aliphatic hydroxyl groups is 2. The van der Waals surface area contributed by atoms with E-state index in [9.17, 15) is 15.0 Å². The van der Waals surface area contributed by atoms with Gasteiger partial charge in [0.05, 0.1) is 12.2 Å². The predicted molar refractivity (Wildman–Crippen MR) is 59.0 cm³/mol. The zero-order valence-electron chi connectivity index (χ0n) is 8.91. The molecule has 2 unspecified atom stereocenters. The number of carboxylic acid groups (broad SMARTS) is 1. The second-order valence-corrected chi connectivity index (χ2v) is 3.76. The molecule has 0 bridgehead atoms. The summed E-state index contributed by atoms with van der Waals surface area (Å²) in [5, 5.41) is 27.6. The van der Waals surface area contributed by atoms with Crippen molar-refractivity contribution in [3.05, 3.63) is 35.9 Å². The van der Waals surface area contributed by atoms with Crippen LogP contribution >= 0.6 is 0 Å². The summed E-state index contributed by atoms with van der Waals surface area (Å²) in [6, 6.07) is 9.29. The van der Waals surface area contributed by atoms with E-state index in [4.69, 9.17) is 5.11 Å². The van der Waals surface area contributed by atoms with E-state index >= 15 is 0 Å². The molecule has 0 aliphatic heterocycles. The van der Waals surface area contributed by atoms with Crippen LogP contribution in [0.4, 0.5) is 0 Å². The fourth-order valence-electron chi connectivity index (χ4n) is 1.46. The van der Waals surface area contributed by atoms with E-state index in [1.54, 1.807) is 0 Å². The highest BCUT2D eigenvalue weighted by Gasteiger charge is 2.17. The molecule has 0 saturated heterocycles. The van der Waals surface area contributed by atoms with Gasteiger partial charge in [-0.3, -0.25) is 4.79 Å². The lowest BCUT2D eigenvalue weighted by Crippen LogP contribution is -2.28. The van der Waals surface area contributed by atoms with Crippen molar-refractivity contribution in [1.82, 2.24) is 0 Å².